The highest BCUT2D eigenvalue weighted by atomic mass is 35.5. The lowest BCUT2D eigenvalue weighted by Crippen LogP contribution is -2.22. The maximum Gasteiger partial charge on any atom is 0.309 e. The molecule has 0 spiro atoms. The van der Waals surface area contributed by atoms with Crippen LogP contribution >= 0.6 is 23.2 Å². The number of nitrogens with one attached hydrogen (secondary N) is 1. The number of esters is 1. The summed E-state index contributed by atoms with van der Waals surface area (Å²) in [5, 5.41) is 2.99. The van der Waals surface area contributed by atoms with Gasteiger partial charge in [0.1, 0.15) is 5.75 Å². The van der Waals surface area contributed by atoms with E-state index in [0.717, 1.165) is 0 Å². The molecule has 0 bridgehead atoms. The number of hydrogen-bond donors (Lipinski definition) is 1. The van der Waals surface area contributed by atoms with Crippen molar-refractivity contribution >= 4 is 40.9 Å². The Morgan fingerprint density at radius 1 is 1.14 bits per heavy atom. The Kier molecular flexibility index (Phi) is 7.66. The van der Waals surface area contributed by atoms with E-state index in [9.17, 15) is 9.59 Å². The summed E-state index contributed by atoms with van der Waals surface area (Å²) in [4.78, 5) is 27.4. The van der Waals surface area contributed by atoms with Crippen LogP contribution in [0.2, 0.25) is 10.0 Å². The molecule has 6 nitrogen and oxygen atoms in total. The van der Waals surface area contributed by atoms with Gasteiger partial charge in [0, 0.05) is 6.20 Å². The van der Waals surface area contributed by atoms with E-state index >= 15 is 0 Å². The van der Waals surface area contributed by atoms with Gasteiger partial charge in [-0.1, -0.05) is 56.1 Å². The molecule has 1 amide bonds. The van der Waals surface area contributed by atoms with Gasteiger partial charge in [-0.3, -0.25) is 9.59 Å². The van der Waals surface area contributed by atoms with Crippen LogP contribution in [0, 0.1) is 0 Å². The number of nitrogens with zero attached hydrogens (tertiary/aromatic N) is 1. The van der Waals surface area contributed by atoms with Crippen molar-refractivity contribution in [1.82, 2.24) is 4.98 Å². The molecular weight excluding hydrogens is 403 g/mol. The molecule has 1 aromatic heterocycles. The topological polar surface area (TPSA) is 77.5 Å². The number of halogens is 2. The normalized spacial score (nSPS) is 11.0. The molecule has 0 unspecified atom stereocenters. The van der Waals surface area contributed by atoms with Gasteiger partial charge in [0.25, 0.3) is 5.91 Å². The lowest BCUT2D eigenvalue weighted by Gasteiger charge is -2.19. The largest absolute Gasteiger partial charge is 0.493 e. The van der Waals surface area contributed by atoms with Crippen molar-refractivity contribution < 1.29 is 19.1 Å². The number of aromatic nitrogens is 1. The van der Waals surface area contributed by atoms with Crippen LogP contribution in [0.3, 0.4) is 0 Å². The molecule has 150 valence electrons. The summed E-state index contributed by atoms with van der Waals surface area (Å²) in [5.41, 5.74) is 1.26. The number of carbonyl (C=O) groups excluding carboxylic acids is 2. The van der Waals surface area contributed by atoms with E-state index < -0.39 is 18.5 Å². The Hall–Kier alpha value is -2.31. The number of amides is 1. The molecular formula is C20H22Cl2N2O4. The third kappa shape index (κ3) is 7.02. The molecule has 0 fully saturated rings. The summed E-state index contributed by atoms with van der Waals surface area (Å²) < 4.78 is 10.4. The summed E-state index contributed by atoms with van der Waals surface area (Å²) in [6.07, 6.45) is 1.37. The van der Waals surface area contributed by atoms with Crippen molar-refractivity contribution in [2.75, 3.05) is 18.5 Å². The van der Waals surface area contributed by atoms with Crippen LogP contribution in [0.1, 0.15) is 32.8 Å². The number of carbonyl (C=O) groups is 2. The van der Waals surface area contributed by atoms with Gasteiger partial charge in [-0.25, -0.2) is 4.98 Å². The molecule has 0 atom stereocenters. The third-order valence-corrected chi connectivity index (χ3v) is 4.22. The number of pyridine rings is 1. The van der Waals surface area contributed by atoms with Crippen LogP contribution in [0.15, 0.2) is 36.5 Å². The van der Waals surface area contributed by atoms with Gasteiger partial charge >= 0.3 is 5.97 Å². The Balaban J connectivity index is 1.70. The molecule has 0 saturated heterocycles. The first-order valence-electron chi connectivity index (χ1n) is 8.65. The average Bonchev–Trinajstić information content (AvgIpc) is 2.62. The quantitative estimate of drug-likeness (QED) is 0.655. The second kappa shape index (κ2) is 9.75. The summed E-state index contributed by atoms with van der Waals surface area (Å²) in [5.74, 6) is -0.281. The van der Waals surface area contributed by atoms with Crippen LogP contribution in [0.5, 0.6) is 5.75 Å². The second-order valence-corrected chi connectivity index (χ2v) is 7.91. The Bertz CT molecular complexity index is 833. The minimum atomic E-state index is -0.552. The van der Waals surface area contributed by atoms with Gasteiger partial charge in [-0.15, -0.1) is 0 Å². The van der Waals surface area contributed by atoms with E-state index in [1.807, 2.05) is 24.3 Å². The predicted octanol–water partition coefficient (Wildman–Crippen LogP) is 4.64. The monoisotopic (exact) mass is 424 g/mol. The van der Waals surface area contributed by atoms with E-state index in [1.165, 1.54) is 17.8 Å². The molecule has 0 aliphatic carbocycles. The highest BCUT2D eigenvalue weighted by Crippen LogP contribution is 2.24. The molecule has 1 aromatic carbocycles. The van der Waals surface area contributed by atoms with E-state index in [4.69, 9.17) is 32.7 Å². The number of ether oxygens (including phenoxy) is 2. The third-order valence-electron chi connectivity index (χ3n) is 3.73. The Labute approximate surface area is 174 Å². The second-order valence-electron chi connectivity index (χ2n) is 7.07. The van der Waals surface area contributed by atoms with Crippen molar-refractivity contribution in [3.63, 3.8) is 0 Å². The van der Waals surface area contributed by atoms with Gasteiger partial charge in [0.2, 0.25) is 0 Å². The van der Waals surface area contributed by atoms with Crippen molar-refractivity contribution in [2.45, 2.75) is 32.6 Å². The Morgan fingerprint density at radius 3 is 2.43 bits per heavy atom. The molecule has 0 saturated carbocycles. The molecule has 0 aliphatic heterocycles. The molecule has 0 aliphatic rings. The fourth-order valence-corrected chi connectivity index (χ4v) is 2.62. The minimum Gasteiger partial charge on any atom is -0.493 e. The van der Waals surface area contributed by atoms with Crippen molar-refractivity contribution in [1.29, 1.82) is 0 Å². The summed E-state index contributed by atoms with van der Waals surface area (Å²) in [6, 6.07) is 9.16. The van der Waals surface area contributed by atoms with Crippen molar-refractivity contribution in [3.8, 4) is 5.75 Å². The first kappa shape index (κ1) is 22.0. The van der Waals surface area contributed by atoms with E-state index in [2.05, 4.69) is 31.1 Å². The standard InChI is InChI=1S/C20H22Cl2N2O4/c1-20(2,3)13-4-6-15(7-5-13)27-9-8-18(26)28-12-17(25)24-19-16(22)10-14(21)11-23-19/h4-7,10-11H,8-9,12H2,1-3H3,(H,23,24,25). The fourth-order valence-electron chi connectivity index (χ4n) is 2.20. The van der Waals surface area contributed by atoms with Crippen LogP contribution in [-0.2, 0) is 19.7 Å². The van der Waals surface area contributed by atoms with Crippen LogP contribution in [0.25, 0.3) is 0 Å². The zero-order valence-corrected chi connectivity index (χ0v) is 17.4. The van der Waals surface area contributed by atoms with Crippen LogP contribution in [-0.4, -0.2) is 30.1 Å². The fraction of sp³-hybridized carbons (Fsp3) is 0.350. The summed E-state index contributed by atoms with van der Waals surface area (Å²) >= 11 is 11.6. The summed E-state index contributed by atoms with van der Waals surface area (Å²) in [7, 11) is 0. The lowest BCUT2D eigenvalue weighted by molar-refractivity contribution is -0.147. The molecule has 1 heterocycles. The Morgan fingerprint density at radius 2 is 1.82 bits per heavy atom. The van der Waals surface area contributed by atoms with Crippen LogP contribution < -0.4 is 10.1 Å². The van der Waals surface area contributed by atoms with E-state index in [1.54, 1.807) is 0 Å². The number of rotatable bonds is 7. The SMILES string of the molecule is CC(C)(C)c1ccc(OCCC(=O)OCC(=O)Nc2ncc(Cl)cc2Cl)cc1. The average molecular weight is 425 g/mol. The van der Waals surface area contributed by atoms with Gasteiger partial charge in [-0.05, 0) is 29.2 Å². The number of hydrogen-bond acceptors (Lipinski definition) is 5. The first-order chi connectivity index (χ1) is 13.1. The predicted molar refractivity (Wildman–Crippen MR) is 109 cm³/mol. The zero-order chi connectivity index (χ0) is 20.7. The van der Waals surface area contributed by atoms with E-state index in [-0.39, 0.29) is 29.3 Å². The van der Waals surface area contributed by atoms with Crippen molar-refractivity contribution in [2.24, 2.45) is 0 Å². The van der Waals surface area contributed by atoms with Gasteiger partial charge < -0.3 is 14.8 Å². The number of benzene rings is 1. The molecule has 8 heteroatoms. The highest BCUT2D eigenvalue weighted by Gasteiger charge is 2.14. The van der Waals surface area contributed by atoms with Crippen molar-refractivity contribution in [3.05, 3.63) is 52.1 Å². The number of anilines is 1. The smallest absolute Gasteiger partial charge is 0.309 e. The minimum absolute atomic E-state index is 0.0221. The molecule has 2 aromatic rings. The van der Waals surface area contributed by atoms with Gasteiger partial charge in [0.15, 0.2) is 12.4 Å². The molecule has 28 heavy (non-hydrogen) atoms. The first-order valence-corrected chi connectivity index (χ1v) is 9.40. The molecule has 1 N–H and O–H groups in total. The zero-order valence-electron chi connectivity index (χ0n) is 15.9. The van der Waals surface area contributed by atoms with Crippen LogP contribution in [0.4, 0.5) is 5.82 Å². The maximum absolute atomic E-state index is 11.8. The van der Waals surface area contributed by atoms with Gasteiger partial charge in [0.05, 0.1) is 23.1 Å². The molecule has 2 rings (SSSR count). The summed E-state index contributed by atoms with van der Waals surface area (Å²) in [6.45, 7) is 6.10. The van der Waals surface area contributed by atoms with E-state index in [0.29, 0.717) is 10.8 Å². The lowest BCUT2D eigenvalue weighted by atomic mass is 9.87. The molecule has 0 radical (unpaired) electrons. The highest BCUT2D eigenvalue weighted by molar-refractivity contribution is 6.36. The maximum atomic E-state index is 11.8. The van der Waals surface area contributed by atoms with Gasteiger partial charge in [-0.2, -0.15) is 0 Å².